The molecule has 1 amide bonds. The summed E-state index contributed by atoms with van der Waals surface area (Å²) in [5.41, 5.74) is 1.05. The zero-order chi connectivity index (χ0) is 17.6. The number of aromatic nitrogens is 1. The molecule has 2 rings (SSSR count). The van der Waals surface area contributed by atoms with Crippen LogP contribution < -0.4 is 5.32 Å². The first-order valence-corrected chi connectivity index (χ1v) is 9.35. The van der Waals surface area contributed by atoms with E-state index in [1.807, 2.05) is 59.4 Å². The van der Waals surface area contributed by atoms with Gasteiger partial charge in [-0.1, -0.05) is 30.3 Å². The van der Waals surface area contributed by atoms with E-state index in [0.717, 1.165) is 9.87 Å². The summed E-state index contributed by atoms with van der Waals surface area (Å²) >= 11 is 0. The third kappa shape index (κ3) is 4.94. The Morgan fingerprint density at radius 3 is 2.33 bits per heavy atom. The second kappa shape index (κ2) is 8.12. The SMILES string of the molecule is CN(C)S(=O)(=O)CCNC(=O)C(Cc1ccccc1)n1cccc1. The monoisotopic (exact) mass is 349 g/mol. The summed E-state index contributed by atoms with van der Waals surface area (Å²) in [5, 5.41) is 2.74. The molecule has 0 aliphatic rings. The van der Waals surface area contributed by atoms with E-state index in [1.54, 1.807) is 0 Å². The fraction of sp³-hybridized carbons (Fsp3) is 0.353. The summed E-state index contributed by atoms with van der Waals surface area (Å²) in [6, 6.07) is 13.1. The lowest BCUT2D eigenvalue weighted by Crippen LogP contribution is -2.38. The van der Waals surface area contributed by atoms with Gasteiger partial charge in [-0.2, -0.15) is 0 Å². The Bertz CT molecular complexity index is 741. The van der Waals surface area contributed by atoms with E-state index in [0.29, 0.717) is 6.42 Å². The third-order valence-electron chi connectivity index (χ3n) is 3.78. The minimum atomic E-state index is -3.32. The summed E-state index contributed by atoms with van der Waals surface area (Å²) in [5.74, 6) is -0.306. The molecular formula is C17H23N3O3S. The lowest BCUT2D eigenvalue weighted by molar-refractivity contribution is -0.124. The zero-order valence-electron chi connectivity index (χ0n) is 13.9. The Morgan fingerprint density at radius 1 is 1.12 bits per heavy atom. The average Bonchev–Trinajstić information content (AvgIpc) is 3.07. The molecule has 0 saturated carbocycles. The molecule has 1 aromatic heterocycles. The van der Waals surface area contributed by atoms with Crippen molar-refractivity contribution in [3.05, 3.63) is 60.4 Å². The number of sulfonamides is 1. The molecule has 0 bridgehead atoms. The normalized spacial score (nSPS) is 13.0. The van der Waals surface area contributed by atoms with Crippen LogP contribution in [0.15, 0.2) is 54.9 Å². The van der Waals surface area contributed by atoms with Crippen molar-refractivity contribution in [3.8, 4) is 0 Å². The van der Waals surface area contributed by atoms with E-state index in [9.17, 15) is 13.2 Å². The largest absolute Gasteiger partial charge is 0.353 e. The van der Waals surface area contributed by atoms with Crippen molar-refractivity contribution in [1.82, 2.24) is 14.2 Å². The molecule has 7 heteroatoms. The van der Waals surface area contributed by atoms with E-state index in [4.69, 9.17) is 0 Å². The Labute approximate surface area is 143 Å². The highest BCUT2D eigenvalue weighted by molar-refractivity contribution is 7.89. The number of hydrogen-bond acceptors (Lipinski definition) is 3. The summed E-state index contributed by atoms with van der Waals surface area (Å²) in [6.07, 6.45) is 4.22. The van der Waals surface area contributed by atoms with E-state index in [-0.39, 0.29) is 18.2 Å². The van der Waals surface area contributed by atoms with Gasteiger partial charge in [0.25, 0.3) is 0 Å². The van der Waals surface area contributed by atoms with Gasteiger partial charge in [-0.25, -0.2) is 12.7 Å². The Kier molecular flexibility index (Phi) is 6.16. The second-order valence-electron chi connectivity index (χ2n) is 5.73. The van der Waals surface area contributed by atoms with Gasteiger partial charge < -0.3 is 9.88 Å². The smallest absolute Gasteiger partial charge is 0.243 e. The van der Waals surface area contributed by atoms with Gasteiger partial charge in [0.1, 0.15) is 6.04 Å². The van der Waals surface area contributed by atoms with Gasteiger partial charge in [0.05, 0.1) is 5.75 Å². The predicted molar refractivity (Wildman–Crippen MR) is 94.1 cm³/mol. The van der Waals surface area contributed by atoms with Crippen LogP contribution in [0.4, 0.5) is 0 Å². The van der Waals surface area contributed by atoms with E-state index < -0.39 is 16.1 Å². The van der Waals surface area contributed by atoms with Crippen LogP contribution in [0.3, 0.4) is 0 Å². The molecule has 130 valence electrons. The highest BCUT2D eigenvalue weighted by atomic mass is 32.2. The Balaban J connectivity index is 2.03. The maximum atomic E-state index is 12.6. The van der Waals surface area contributed by atoms with E-state index in [2.05, 4.69) is 5.32 Å². The standard InChI is InChI=1S/C17H23N3O3S/c1-19(2)24(22,23)13-10-18-17(21)16(20-11-6-7-12-20)14-15-8-4-3-5-9-15/h3-9,11-12,16H,10,13-14H2,1-2H3,(H,18,21). The minimum Gasteiger partial charge on any atom is -0.353 e. The van der Waals surface area contributed by atoms with Crippen LogP contribution in [0.1, 0.15) is 11.6 Å². The lowest BCUT2D eigenvalue weighted by Gasteiger charge is -2.19. The number of carbonyl (C=O) groups excluding carboxylic acids is 1. The maximum Gasteiger partial charge on any atom is 0.243 e. The molecule has 1 heterocycles. The van der Waals surface area contributed by atoms with Crippen LogP contribution >= 0.6 is 0 Å². The van der Waals surface area contributed by atoms with Crippen LogP contribution in [0, 0.1) is 0 Å². The number of amides is 1. The van der Waals surface area contributed by atoms with Crippen LogP contribution in [-0.4, -0.2) is 49.6 Å². The van der Waals surface area contributed by atoms with Gasteiger partial charge in [-0.3, -0.25) is 4.79 Å². The van der Waals surface area contributed by atoms with Crippen LogP contribution in [0.2, 0.25) is 0 Å². The molecule has 1 atom stereocenters. The van der Waals surface area contributed by atoms with Crippen molar-refractivity contribution < 1.29 is 13.2 Å². The predicted octanol–water partition coefficient (Wildman–Crippen LogP) is 1.28. The Hall–Kier alpha value is -2.12. The zero-order valence-corrected chi connectivity index (χ0v) is 14.7. The third-order valence-corrected chi connectivity index (χ3v) is 5.61. The highest BCUT2D eigenvalue weighted by Crippen LogP contribution is 2.15. The molecule has 6 nitrogen and oxygen atoms in total. The molecule has 0 aliphatic heterocycles. The maximum absolute atomic E-state index is 12.6. The molecule has 0 spiro atoms. The summed E-state index contributed by atoms with van der Waals surface area (Å²) in [6.45, 7) is 0.0892. The first kappa shape index (κ1) is 18.2. The average molecular weight is 349 g/mol. The van der Waals surface area contributed by atoms with Gasteiger partial charge in [0, 0.05) is 39.5 Å². The number of benzene rings is 1. The summed E-state index contributed by atoms with van der Waals surface area (Å²) in [4.78, 5) is 12.6. The number of hydrogen-bond donors (Lipinski definition) is 1. The van der Waals surface area contributed by atoms with Crippen LogP contribution in [-0.2, 0) is 21.2 Å². The van der Waals surface area contributed by atoms with Crippen molar-refractivity contribution in [2.45, 2.75) is 12.5 Å². The Morgan fingerprint density at radius 2 is 1.75 bits per heavy atom. The quantitative estimate of drug-likeness (QED) is 0.780. The van der Waals surface area contributed by atoms with Crippen molar-refractivity contribution in [3.63, 3.8) is 0 Å². The molecule has 0 saturated heterocycles. The molecule has 0 fully saturated rings. The van der Waals surface area contributed by atoms with Crippen molar-refractivity contribution in [2.24, 2.45) is 0 Å². The fourth-order valence-electron chi connectivity index (χ4n) is 2.33. The fourth-order valence-corrected chi connectivity index (χ4v) is 3.06. The minimum absolute atomic E-state index is 0.0892. The molecule has 0 radical (unpaired) electrons. The molecule has 1 N–H and O–H groups in total. The first-order valence-electron chi connectivity index (χ1n) is 7.74. The molecule has 1 unspecified atom stereocenters. The first-order chi connectivity index (χ1) is 11.4. The van der Waals surface area contributed by atoms with Crippen LogP contribution in [0.5, 0.6) is 0 Å². The van der Waals surface area contributed by atoms with Gasteiger partial charge >= 0.3 is 0 Å². The molecule has 2 aromatic rings. The number of nitrogens with zero attached hydrogens (tertiary/aromatic N) is 2. The van der Waals surface area contributed by atoms with Gasteiger partial charge in [0.2, 0.25) is 15.9 Å². The highest BCUT2D eigenvalue weighted by Gasteiger charge is 2.21. The van der Waals surface area contributed by atoms with Crippen molar-refractivity contribution in [1.29, 1.82) is 0 Å². The molecule has 1 aromatic carbocycles. The molecular weight excluding hydrogens is 326 g/mol. The summed E-state index contributed by atoms with van der Waals surface area (Å²) in [7, 11) is -0.358. The van der Waals surface area contributed by atoms with E-state index in [1.165, 1.54) is 14.1 Å². The van der Waals surface area contributed by atoms with Crippen molar-refractivity contribution >= 4 is 15.9 Å². The summed E-state index contributed by atoms with van der Waals surface area (Å²) < 4.78 is 26.5. The van der Waals surface area contributed by atoms with Gasteiger partial charge in [-0.05, 0) is 17.7 Å². The number of carbonyl (C=O) groups is 1. The van der Waals surface area contributed by atoms with Gasteiger partial charge in [0.15, 0.2) is 0 Å². The number of rotatable bonds is 8. The molecule has 0 aliphatic carbocycles. The van der Waals surface area contributed by atoms with Gasteiger partial charge in [-0.15, -0.1) is 0 Å². The lowest BCUT2D eigenvalue weighted by atomic mass is 10.1. The van der Waals surface area contributed by atoms with Crippen LogP contribution in [0.25, 0.3) is 0 Å². The topological polar surface area (TPSA) is 71.4 Å². The van der Waals surface area contributed by atoms with E-state index >= 15 is 0 Å². The van der Waals surface area contributed by atoms with Crippen molar-refractivity contribution in [2.75, 3.05) is 26.4 Å². The second-order valence-corrected chi connectivity index (χ2v) is 8.03. The number of nitrogens with one attached hydrogen (secondary N) is 1. The molecule has 24 heavy (non-hydrogen) atoms.